The fourth-order valence-corrected chi connectivity index (χ4v) is 4.77. The fraction of sp³-hybridized carbons (Fsp3) is 0.0741. The second kappa shape index (κ2) is 9.85. The van der Waals surface area contributed by atoms with Crippen LogP contribution < -0.4 is 4.74 Å². The lowest BCUT2D eigenvalue weighted by molar-refractivity contribution is -0.121. The molecule has 5 rings (SSSR count). The van der Waals surface area contributed by atoms with Crippen LogP contribution in [0, 0.1) is 5.82 Å². The molecule has 0 bridgehead atoms. The number of amides is 1. The van der Waals surface area contributed by atoms with Crippen LogP contribution in [0.1, 0.15) is 11.1 Å². The minimum atomic E-state index is -0.294. The van der Waals surface area contributed by atoms with Crippen LogP contribution in [0.2, 0.25) is 0 Å². The Morgan fingerprint density at radius 1 is 1.03 bits per heavy atom. The zero-order valence-electron chi connectivity index (χ0n) is 18.7. The molecule has 0 radical (unpaired) electrons. The van der Waals surface area contributed by atoms with E-state index < -0.39 is 0 Å². The Kier molecular flexibility index (Phi) is 6.48. The molecule has 1 aliphatic heterocycles. The number of thiocarbonyl (C=S) groups is 1. The average molecular weight is 502 g/mol. The summed E-state index contributed by atoms with van der Waals surface area (Å²) >= 11 is 6.55. The van der Waals surface area contributed by atoms with E-state index in [0.717, 1.165) is 22.5 Å². The number of carbonyl (C=O) groups is 1. The largest absolute Gasteiger partial charge is 0.489 e. The Bertz CT molecular complexity index is 1430. The summed E-state index contributed by atoms with van der Waals surface area (Å²) in [5, 5.41) is 4.81. The molecule has 4 aromatic rings. The molecule has 0 N–H and O–H groups in total. The Hall–Kier alpha value is -3.75. The normalized spacial score (nSPS) is 14.7. The Morgan fingerprint density at radius 3 is 2.43 bits per heavy atom. The number of carbonyl (C=O) groups excluding carboxylic acids is 1. The van der Waals surface area contributed by atoms with Crippen molar-refractivity contribution >= 4 is 40.3 Å². The molecule has 1 aliphatic rings. The smallest absolute Gasteiger partial charge is 0.265 e. The number of thioether (sulfide) groups is 1. The van der Waals surface area contributed by atoms with E-state index in [1.165, 1.54) is 22.7 Å². The summed E-state index contributed by atoms with van der Waals surface area (Å²) < 4.78 is 22.0. The number of hydrogen-bond acceptors (Lipinski definition) is 5. The van der Waals surface area contributed by atoms with Gasteiger partial charge in [-0.15, -0.1) is 0 Å². The van der Waals surface area contributed by atoms with Crippen molar-refractivity contribution in [3.63, 3.8) is 0 Å². The zero-order chi connectivity index (χ0) is 24.4. The van der Waals surface area contributed by atoms with Gasteiger partial charge in [0, 0.05) is 29.9 Å². The van der Waals surface area contributed by atoms with Crippen LogP contribution in [-0.2, 0) is 11.4 Å². The van der Waals surface area contributed by atoms with Gasteiger partial charge in [-0.3, -0.25) is 9.69 Å². The van der Waals surface area contributed by atoms with Crippen molar-refractivity contribution < 1.29 is 13.9 Å². The summed E-state index contributed by atoms with van der Waals surface area (Å²) in [5.41, 5.74) is 3.77. The highest BCUT2D eigenvalue weighted by atomic mass is 32.2. The van der Waals surface area contributed by atoms with Crippen LogP contribution in [0.4, 0.5) is 4.39 Å². The first-order chi connectivity index (χ1) is 17.0. The van der Waals surface area contributed by atoms with Gasteiger partial charge in [0.25, 0.3) is 5.91 Å². The summed E-state index contributed by atoms with van der Waals surface area (Å²) in [6.45, 7) is 0.138. The maximum absolute atomic E-state index is 13.9. The first-order valence-electron chi connectivity index (χ1n) is 10.8. The number of benzene rings is 3. The molecule has 0 atom stereocenters. The van der Waals surface area contributed by atoms with Gasteiger partial charge in [-0.25, -0.2) is 9.07 Å². The first-order valence-corrected chi connectivity index (χ1v) is 12.1. The van der Waals surface area contributed by atoms with Crippen LogP contribution in [0.15, 0.2) is 90.0 Å². The second-order valence-electron chi connectivity index (χ2n) is 7.86. The van der Waals surface area contributed by atoms with Crippen LogP contribution >= 0.6 is 24.0 Å². The molecular formula is C27H20FN3O2S2. The Labute approximate surface area is 211 Å². The lowest BCUT2D eigenvalue weighted by Gasteiger charge is -2.08. The minimum absolute atomic E-state index is 0.129. The molecule has 0 saturated carbocycles. The van der Waals surface area contributed by atoms with Crippen LogP contribution in [-0.4, -0.2) is 32.0 Å². The number of rotatable bonds is 6. The van der Waals surface area contributed by atoms with Crippen molar-refractivity contribution in [2.24, 2.45) is 0 Å². The summed E-state index contributed by atoms with van der Waals surface area (Å²) in [4.78, 5) is 14.6. The van der Waals surface area contributed by atoms with Gasteiger partial charge in [-0.2, -0.15) is 5.10 Å². The number of likely N-dealkylation sites (N-methyl/N-ethyl adjacent to an activating group) is 1. The monoisotopic (exact) mass is 501 g/mol. The van der Waals surface area contributed by atoms with Gasteiger partial charge in [-0.1, -0.05) is 60.4 Å². The standard InChI is InChI=1S/C27H20FN3O2S2/c1-30-26(32)24(35-27(30)34)15-20-16-31(21-8-3-2-4-9-21)29-25(20)18-11-13-22(14-12-18)33-17-19-7-5-6-10-23(19)28/h2-16H,17H2,1H3/b24-15-. The van der Waals surface area contributed by atoms with Gasteiger partial charge >= 0.3 is 0 Å². The van der Waals surface area contributed by atoms with Gasteiger partial charge in [0.05, 0.1) is 16.3 Å². The van der Waals surface area contributed by atoms with Gasteiger partial charge in [-0.05, 0) is 48.5 Å². The maximum Gasteiger partial charge on any atom is 0.265 e. The number of halogens is 1. The quantitative estimate of drug-likeness (QED) is 0.236. The Morgan fingerprint density at radius 2 is 1.74 bits per heavy atom. The van der Waals surface area contributed by atoms with E-state index in [1.807, 2.05) is 66.9 Å². The molecule has 3 aromatic carbocycles. The number of nitrogens with zero attached hydrogens (tertiary/aromatic N) is 3. The van der Waals surface area contributed by atoms with Crippen molar-refractivity contribution in [1.82, 2.24) is 14.7 Å². The van der Waals surface area contributed by atoms with Crippen molar-refractivity contribution in [2.75, 3.05) is 7.05 Å². The third-order valence-electron chi connectivity index (χ3n) is 5.52. The molecule has 0 spiro atoms. The minimum Gasteiger partial charge on any atom is -0.489 e. The molecule has 5 nitrogen and oxygen atoms in total. The van der Waals surface area contributed by atoms with Crippen molar-refractivity contribution in [1.29, 1.82) is 0 Å². The third-order valence-corrected chi connectivity index (χ3v) is 7.00. The van der Waals surface area contributed by atoms with Crippen molar-refractivity contribution in [3.05, 3.63) is 107 Å². The first kappa shape index (κ1) is 23.0. The topological polar surface area (TPSA) is 47.4 Å². The summed E-state index contributed by atoms with van der Waals surface area (Å²) in [6, 6.07) is 23.8. The fourth-order valence-electron chi connectivity index (χ4n) is 3.60. The molecule has 2 heterocycles. The highest BCUT2D eigenvalue weighted by Gasteiger charge is 2.29. The van der Waals surface area contributed by atoms with E-state index in [4.69, 9.17) is 22.1 Å². The predicted molar refractivity (Wildman–Crippen MR) is 141 cm³/mol. The van der Waals surface area contributed by atoms with Crippen molar-refractivity contribution in [3.8, 4) is 22.7 Å². The molecule has 1 aromatic heterocycles. The lowest BCUT2D eigenvalue weighted by atomic mass is 10.1. The van der Waals surface area contributed by atoms with E-state index in [1.54, 1.807) is 29.9 Å². The van der Waals surface area contributed by atoms with Gasteiger partial charge in [0.2, 0.25) is 0 Å². The van der Waals surface area contributed by atoms with Crippen molar-refractivity contribution in [2.45, 2.75) is 6.61 Å². The highest BCUT2D eigenvalue weighted by Crippen LogP contribution is 2.34. The average Bonchev–Trinajstić information content (AvgIpc) is 3.41. The molecule has 0 unspecified atom stereocenters. The molecular weight excluding hydrogens is 481 g/mol. The summed E-state index contributed by atoms with van der Waals surface area (Å²) in [5.74, 6) is 0.195. The van der Waals surface area contributed by atoms with Gasteiger partial charge in [0.15, 0.2) is 0 Å². The van der Waals surface area contributed by atoms with Gasteiger partial charge in [0.1, 0.15) is 22.5 Å². The predicted octanol–water partition coefficient (Wildman–Crippen LogP) is 6.09. The summed E-state index contributed by atoms with van der Waals surface area (Å²) in [6.07, 6.45) is 3.72. The molecule has 0 aliphatic carbocycles. The van der Waals surface area contributed by atoms with Gasteiger partial charge < -0.3 is 4.74 Å². The number of aromatic nitrogens is 2. The molecule has 1 saturated heterocycles. The maximum atomic E-state index is 13.9. The zero-order valence-corrected chi connectivity index (χ0v) is 20.4. The molecule has 174 valence electrons. The molecule has 35 heavy (non-hydrogen) atoms. The number of ether oxygens (including phenoxy) is 1. The van der Waals surface area contributed by atoms with Crippen LogP contribution in [0.25, 0.3) is 23.0 Å². The molecule has 1 fully saturated rings. The molecule has 8 heteroatoms. The van der Waals surface area contributed by atoms with E-state index in [-0.39, 0.29) is 18.3 Å². The number of para-hydroxylation sites is 1. The summed E-state index contributed by atoms with van der Waals surface area (Å²) in [7, 11) is 1.67. The molecule has 1 amide bonds. The highest BCUT2D eigenvalue weighted by molar-refractivity contribution is 8.26. The van der Waals surface area contributed by atoms with Crippen LogP contribution in [0.5, 0.6) is 5.75 Å². The van der Waals surface area contributed by atoms with E-state index in [2.05, 4.69) is 0 Å². The van der Waals surface area contributed by atoms with E-state index in [9.17, 15) is 9.18 Å². The number of hydrogen-bond donors (Lipinski definition) is 0. The lowest BCUT2D eigenvalue weighted by Crippen LogP contribution is -2.22. The van der Waals surface area contributed by atoms with E-state index in [0.29, 0.717) is 20.5 Å². The Balaban J connectivity index is 1.46. The van der Waals surface area contributed by atoms with E-state index >= 15 is 0 Å². The third kappa shape index (κ3) is 4.89. The van der Waals surface area contributed by atoms with Crippen LogP contribution in [0.3, 0.4) is 0 Å². The SMILES string of the molecule is CN1C(=O)/C(=C/c2cn(-c3ccccc3)nc2-c2ccc(OCc3ccccc3F)cc2)SC1=S. The second-order valence-corrected chi connectivity index (χ2v) is 9.53.